The molecular weight excluding hydrogens is 1320 g/mol. The molecule has 4 N–H and O–H groups in total. The minimum absolute atomic E-state index is 0.0130. The zero-order valence-corrected chi connectivity index (χ0v) is 56.0. The predicted octanol–water partition coefficient (Wildman–Crippen LogP) is 3.18. The minimum Gasteiger partial charge on any atom is -0.356 e. The number of rotatable bonds is 22. The van der Waals surface area contributed by atoms with Gasteiger partial charge < -0.3 is 26.1 Å². The normalized spacial score (nSPS) is 15.6. The van der Waals surface area contributed by atoms with E-state index in [1.165, 1.54) is 70.6 Å². The minimum atomic E-state index is -4.81. The Bertz CT molecular complexity index is 3040. The van der Waals surface area contributed by atoms with Crippen LogP contribution in [0.1, 0.15) is 141 Å². The van der Waals surface area contributed by atoms with Gasteiger partial charge in [-0.2, -0.15) is 13.2 Å². The van der Waals surface area contributed by atoms with Crippen molar-refractivity contribution in [2.75, 3.05) is 73.8 Å². The highest BCUT2D eigenvalue weighted by molar-refractivity contribution is 6.13. The highest BCUT2D eigenvalue weighted by Crippen LogP contribution is 2.20. The van der Waals surface area contributed by atoms with E-state index >= 15 is 0 Å². The van der Waals surface area contributed by atoms with Crippen molar-refractivity contribution in [2.45, 2.75) is 148 Å². The van der Waals surface area contributed by atoms with Gasteiger partial charge in [-0.25, -0.2) is 4.79 Å². The van der Waals surface area contributed by atoms with E-state index in [1.807, 2.05) is 0 Å². The number of carbonyl (C=O) groups excluding carboxylic acids is 15. The lowest BCUT2D eigenvalue weighted by Crippen LogP contribution is -2.37. The summed E-state index contributed by atoms with van der Waals surface area (Å²) in [5.74, 6) is -0.446. The first-order valence-corrected chi connectivity index (χ1v) is 31.0. The Morgan fingerprint density at radius 1 is 0.576 bits per heavy atom. The van der Waals surface area contributed by atoms with Crippen LogP contribution in [-0.4, -0.2) is 208 Å². The van der Waals surface area contributed by atoms with Crippen LogP contribution in [0.25, 0.3) is 10.4 Å². The molecule has 7 aliphatic rings. The van der Waals surface area contributed by atoms with Crippen molar-refractivity contribution in [3.05, 3.63) is 46.6 Å². The number of halogens is 5. The lowest BCUT2D eigenvalue weighted by atomic mass is 10.0. The second-order valence-electron chi connectivity index (χ2n) is 20.7. The van der Waals surface area contributed by atoms with Gasteiger partial charge in [0.05, 0.1) is 26.5 Å². The molecule has 2 aliphatic carbocycles. The molecule has 31 nitrogen and oxygen atoms in total. The lowest BCUT2D eigenvalue weighted by Gasteiger charge is -2.15. The van der Waals surface area contributed by atoms with Crippen molar-refractivity contribution in [2.24, 2.45) is 18.1 Å². The van der Waals surface area contributed by atoms with Crippen molar-refractivity contribution >= 4 is 88.7 Å². The molecule has 0 aromatic carbocycles. The molecule has 3 saturated heterocycles. The molecule has 544 valence electrons. The van der Waals surface area contributed by atoms with E-state index in [1.54, 1.807) is 30.2 Å². The Labute approximate surface area is 570 Å². The number of likely N-dealkylation sites (tertiary alicyclic amines) is 2. The first-order chi connectivity index (χ1) is 47.1. The zero-order valence-electron chi connectivity index (χ0n) is 56.0. The molecule has 14 amide bonds. The second kappa shape index (κ2) is 53.5. The van der Waals surface area contributed by atoms with Crippen LogP contribution in [0.5, 0.6) is 0 Å². The van der Waals surface area contributed by atoms with Crippen molar-refractivity contribution < 1.29 is 98.7 Å². The molecule has 2 saturated carbocycles. The molecule has 1 aromatic heterocycles. The lowest BCUT2D eigenvalue weighted by molar-refractivity contribution is -0.197. The summed E-state index contributed by atoms with van der Waals surface area (Å²) in [5, 5.41) is 20.6. The number of hydroxylamine groups is 2. The molecule has 1 aromatic rings. The van der Waals surface area contributed by atoms with E-state index in [4.69, 9.17) is 24.8 Å². The van der Waals surface area contributed by atoms with Gasteiger partial charge in [-0.3, -0.25) is 100 Å². The van der Waals surface area contributed by atoms with Gasteiger partial charge in [-0.15, -0.1) is 47.2 Å². The van der Waals surface area contributed by atoms with Crippen LogP contribution in [0.3, 0.4) is 0 Å². The monoisotopic (exact) mass is 1400 g/mol. The summed E-state index contributed by atoms with van der Waals surface area (Å²) in [6, 6.07) is 0. The maximum Gasteiger partial charge on any atom is 0.471 e. The Hall–Kier alpha value is -10.7. The van der Waals surface area contributed by atoms with E-state index in [-0.39, 0.29) is 156 Å². The third kappa shape index (κ3) is 39.8. The number of carbonyl (C=O) groups is 15. The third-order valence-electron chi connectivity index (χ3n) is 13.3. The molecule has 6 heterocycles. The Morgan fingerprint density at radius 3 is 1.26 bits per heavy atom. The van der Waals surface area contributed by atoms with Gasteiger partial charge in [0.25, 0.3) is 35.4 Å². The fraction of sp³-hybridized carbons (Fsp3) is 0.571. The molecule has 36 heteroatoms. The fourth-order valence-corrected chi connectivity index (χ4v) is 7.41. The number of terminal acetylenes is 3. The van der Waals surface area contributed by atoms with Crippen molar-refractivity contribution in [3.8, 4) is 37.0 Å². The van der Waals surface area contributed by atoms with Gasteiger partial charge in [0.1, 0.15) is 0 Å². The summed E-state index contributed by atoms with van der Waals surface area (Å²) < 4.78 is 54.8. The summed E-state index contributed by atoms with van der Waals surface area (Å²) in [5.41, 5.74) is 8.14. The van der Waals surface area contributed by atoms with E-state index < -0.39 is 41.7 Å². The van der Waals surface area contributed by atoms with Crippen LogP contribution in [0, 0.1) is 42.9 Å². The Kier molecular flexibility index (Phi) is 48.8. The van der Waals surface area contributed by atoms with Crippen LogP contribution < -0.4 is 21.3 Å². The predicted molar refractivity (Wildman–Crippen MR) is 343 cm³/mol. The molecule has 99 heavy (non-hydrogen) atoms. The SMILES string of the molecule is C#CCCNC(=O)C(F)(F)F.C#CCCNC(=O)CCN1C(=O)C=CC1=O.C#CCCNC(=O)CCN1C(=O)CC(C)C1=O.C1CCC1.C1CCC1.CF.CF.CN=[N+]=[N-].Cn1cc(CCNC(=O)CCN2C(=O)CCC2=O)nn1.O=C(CCN1C(=O)C=CC1=O)ON1C(=O)CCC1=O. The fourth-order valence-electron chi connectivity index (χ4n) is 7.41. The van der Waals surface area contributed by atoms with Gasteiger partial charge in [-0.1, -0.05) is 68.6 Å². The highest BCUT2D eigenvalue weighted by Gasteiger charge is 2.38. The molecule has 5 fully saturated rings. The molecule has 1 atom stereocenters. The van der Waals surface area contributed by atoms with Gasteiger partial charge in [0.15, 0.2) is 0 Å². The maximum atomic E-state index is 11.6. The Morgan fingerprint density at radius 2 is 0.929 bits per heavy atom. The summed E-state index contributed by atoms with van der Waals surface area (Å²) in [6.45, 7) is 3.13. The number of alkyl halides is 5. The summed E-state index contributed by atoms with van der Waals surface area (Å²) >= 11 is 0. The van der Waals surface area contributed by atoms with Gasteiger partial charge in [-0.05, 0) is 5.53 Å². The molecule has 0 radical (unpaired) electrons. The highest BCUT2D eigenvalue weighted by atomic mass is 19.4. The van der Waals surface area contributed by atoms with Crippen LogP contribution in [-0.2, 0) is 90.2 Å². The number of hydrogen-bond donors (Lipinski definition) is 4. The maximum absolute atomic E-state index is 11.6. The molecule has 0 spiro atoms. The summed E-state index contributed by atoms with van der Waals surface area (Å²) in [4.78, 5) is 179. The van der Waals surface area contributed by atoms with Gasteiger partial charge >= 0.3 is 18.1 Å². The van der Waals surface area contributed by atoms with E-state index in [0.29, 0.717) is 58.3 Å². The van der Waals surface area contributed by atoms with Gasteiger partial charge in [0.2, 0.25) is 41.4 Å². The smallest absolute Gasteiger partial charge is 0.356 e. The first-order valence-electron chi connectivity index (χ1n) is 31.0. The number of hydrogen-bond acceptors (Lipinski definition) is 19. The Balaban J connectivity index is 0. The molecule has 5 aliphatic heterocycles. The largest absolute Gasteiger partial charge is 0.471 e. The van der Waals surface area contributed by atoms with Gasteiger partial charge in [0, 0.05) is 185 Å². The topological polar surface area (TPSA) is 409 Å². The molecule has 8 rings (SSSR count). The van der Waals surface area contributed by atoms with Crippen molar-refractivity contribution in [1.82, 2.24) is 60.9 Å². The van der Waals surface area contributed by atoms with Crippen molar-refractivity contribution in [3.63, 3.8) is 0 Å². The van der Waals surface area contributed by atoms with Crippen LogP contribution >= 0.6 is 0 Å². The van der Waals surface area contributed by atoms with E-state index in [2.05, 4.69) is 58.9 Å². The number of azide groups is 1. The number of nitrogens with zero attached hydrogens (tertiary/aromatic N) is 11. The van der Waals surface area contributed by atoms with Crippen LogP contribution in [0.2, 0.25) is 0 Å². The number of amides is 14. The molecule has 0 bridgehead atoms. The average molecular weight is 1400 g/mol. The number of aryl methyl sites for hydroxylation is 1. The van der Waals surface area contributed by atoms with Crippen molar-refractivity contribution in [1.29, 1.82) is 0 Å². The molecule has 1 unspecified atom stereocenters. The summed E-state index contributed by atoms with van der Waals surface area (Å²) in [7, 11) is 4.17. The first kappa shape index (κ1) is 90.4. The molecular formula is C63H86F5N15O16. The average Bonchev–Trinajstić information content (AvgIpc) is 1.74. The summed E-state index contributed by atoms with van der Waals surface area (Å²) in [6.07, 6.45) is 30.9. The quantitative estimate of drug-likeness (QED) is 0.0246. The number of aromatic nitrogens is 3. The number of nitrogens with one attached hydrogen (secondary N) is 4. The standard InChI is InChI=1S/C12H17N5O3.C12H16N2O3.C11H10N2O6.C11H12N2O3.C6H6F3NO.2C4H8.2CH3F.CH3N3/c1-16-8-9(14-15-16)4-6-13-10(18)5-7-17-11(19)2-3-12(17)20;1-3-4-6-13-10(15)5-7-14-11(16)8-9(2)12(14)17;14-7-1-2-8(15)12(7)6-5-11(18)19-13-9(16)3-4-10(13)17;1-2-3-7-12-9(14)6-8-13-10(15)4-5-11(13)16;1-2-3-4-10-5(11)6(7,8)9;2*1-2-4-3-1;2*1-2;1-3-4-2/h8H,2-7H2,1H3,(H,13,18);1,9H,4-8H2,2H3,(H,13,15);1-2H,3-6H2;1,4-5H,3,6-8H2,(H,12,14);1H,3-4H2,(H,10,11);2*1-4H2;2*1H3;1H3. The second-order valence-corrected chi connectivity index (χ2v) is 20.7. The van der Waals surface area contributed by atoms with Crippen LogP contribution in [0.4, 0.5) is 22.0 Å². The van der Waals surface area contributed by atoms with Crippen LogP contribution in [0.15, 0.2) is 35.6 Å². The zero-order chi connectivity index (χ0) is 75.3. The van der Waals surface area contributed by atoms with E-state index in [0.717, 1.165) is 37.4 Å². The third-order valence-corrected chi connectivity index (χ3v) is 13.3. The van der Waals surface area contributed by atoms with E-state index in [9.17, 15) is 93.9 Å². The number of imide groups is 5.